The molecular weight excluding hydrogens is 350 g/mol. The van der Waals surface area contributed by atoms with Crippen LogP contribution in [0.5, 0.6) is 0 Å². The van der Waals surface area contributed by atoms with Gasteiger partial charge in [0.15, 0.2) is 0 Å². The molecule has 0 radical (unpaired) electrons. The second kappa shape index (κ2) is 6.73. The maximum Gasteiger partial charge on any atom is 0.243 e. The maximum absolute atomic E-state index is 12.8. The van der Waals surface area contributed by atoms with Crippen molar-refractivity contribution >= 4 is 26.0 Å². The van der Waals surface area contributed by atoms with Gasteiger partial charge in [-0.2, -0.15) is 4.31 Å². The molecule has 2 aromatic rings. The third-order valence-corrected chi connectivity index (χ3v) is 5.74. The number of halogens is 1. The van der Waals surface area contributed by atoms with Gasteiger partial charge in [-0.15, -0.1) is 0 Å². The van der Waals surface area contributed by atoms with Crippen molar-refractivity contribution in [2.24, 2.45) is 0 Å². The summed E-state index contributed by atoms with van der Waals surface area (Å²) in [5, 5.41) is 0. The zero-order chi connectivity index (χ0) is 15.5. The van der Waals surface area contributed by atoms with Crippen LogP contribution in [0, 0.1) is 0 Å². The summed E-state index contributed by atoms with van der Waals surface area (Å²) in [5.74, 6) is 0. The summed E-state index contributed by atoms with van der Waals surface area (Å²) < 4.78 is 28.0. The van der Waals surface area contributed by atoms with E-state index in [0.717, 1.165) is 10.0 Å². The molecular formula is C16H18BrNO2S. The lowest BCUT2D eigenvalue weighted by Gasteiger charge is -2.26. The van der Waals surface area contributed by atoms with Gasteiger partial charge in [0, 0.05) is 17.1 Å². The Morgan fingerprint density at radius 3 is 2.10 bits per heavy atom. The van der Waals surface area contributed by atoms with Crippen molar-refractivity contribution in [1.29, 1.82) is 0 Å². The van der Waals surface area contributed by atoms with Crippen molar-refractivity contribution in [3.05, 3.63) is 64.6 Å². The molecule has 0 saturated heterocycles. The molecule has 0 spiro atoms. The number of hydrogen-bond donors (Lipinski definition) is 0. The van der Waals surface area contributed by atoms with E-state index in [2.05, 4.69) is 15.9 Å². The Kier molecular flexibility index (Phi) is 5.19. The molecule has 2 aromatic carbocycles. The topological polar surface area (TPSA) is 37.4 Å². The number of nitrogens with zero attached hydrogens (tertiary/aromatic N) is 1. The largest absolute Gasteiger partial charge is 0.243 e. The Labute approximate surface area is 134 Å². The lowest BCUT2D eigenvalue weighted by atomic mass is 10.2. The molecule has 0 aliphatic carbocycles. The molecule has 0 atom stereocenters. The van der Waals surface area contributed by atoms with Gasteiger partial charge in [-0.25, -0.2) is 8.42 Å². The lowest BCUT2D eigenvalue weighted by Crippen LogP contribution is -2.36. The van der Waals surface area contributed by atoms with Crippen molar-refractivity contribution in [3.63, 3.8) is 0 Å². The highest BCUT2D eigenvalue weighted by Gasteiger charge is 2.26. The van der Waals surface area contributed by atoms with E-state index in [4.69, 9.17) is 0 Å². The van der Waals surface area contributed by atoms with Crippen LogP contribution in [-0.2, 0) is 16.6 Å². The highest BCUT2D eigenvalue weighted by atomic mass is 79.9. The predicted octanol–water partition coefficient (Wildman–Crippen LogP) is 4.05. The first kappa shape index (κ1) is 16.2. The third-order valence-electron chi connectivity index (χ3n) is 3.18. The molecule has 0 heterocycles. The van der Waals surface area contributed by atoms with Crippen LogP contribution in [0.3, 0.4) is 0 Å². The van der Waals surface area contributed by atoms with E-state index in [0.29, 0.717) is 11.4 Å². The standard InChI is InChI=1S/C16H18BrNO2S/c1-13(2)18(12-14-6-4-3-5-7-14)21(19,20)16-10-8-15(17)9-11-16/h3-11,13H,12H2,1-2H3. The Morgan fingerprint density at radius 1 is 1.00 bits per heavy atom. The molecule has 3 nitrogen and oxygen atoms in total. The van der Waals surface area contributed by atoms with Gasteiger partial charge in [0.1, 0.15) is 0 Å². The average molecular weight is 368 g/mol. The van der Waals surface area contributed by atoms with Crippen molar-refractivity contribution in [2.75, 3.05) is 0 Å². The summed E-state index contributed by atoms with van der Waals surface area (Å²) in [6.07, 6.45) is 0. The van der Waals surface area contributed by atoms with Gasteiger partial charge in [0.25, 0.3) is 0 Å². The highest BCUT2D eigenvalue weighted by molar-refractivity contribution is 9.10. The van der Waals surface area contributed by atoms with Crippen molar-refractivity contribution in [1.82, 2.24) is 4.31 Å². The molecule has 112 valence electrons. The zero-order valence-corrected chi connectivity index (χ0v) is 14.4. The molecule has 0 aliphatic rings. The molecule has 5 heteroatoms. The van der Waals surface area contributed by atoms with E-state index in [-0.39, 0.29) is 6.04 Å². The average Bonchev–Trinajstić information content (AvgIpc) is 2.46. The molecule has 0 unspecified atom stereocenters. The minimum Gasteiger partial charge on any atom is -0.207 e. The van der Waals surface area contributed by atoms with Crippen LogP contribution in [0.4, 0.5) is 0 Å². The lowest BCUT2D eigenvalue weighted by molar-refractivity contribution is 0.348. The second-order valence-electron chi connectivity index (χ2n) is 5.08. The van der Waals surface area contributed by atoms with E-state index in [9.17, 15) is 8.42 Å². The fourth-order valence-electron chi connectivity index (χ4n) is 2.05. The smallest absolute Gasteiger partial charge is 0.207 e. The minimum absolute atomic E-state index is 0.112. The molecule has 2 rings (SSSR count). The van der Waals surface area contributed by atoms with Crippen molar-refractivity contribution < 1.29 is 8.42 Å². The van der Waals surface area contributed by atoms with Gasteiger partial charge in [-0.1, -0.05) is 46.3 Å². The normalized spacial score (nSPS) is 12.0. The van der Waals surface area contributed by atoms with E-state index in [1.165, 1.54) is 4.31 Å². The number of hydrogen-bond acceptors (Lipinski definition) is 2. The molecule has 0 N–H and O–H groups in total. The fourth-order valence-corrected chi connectivity index (χ4v) is 3.94. The first-order valence-electron chi connectivity index (χ1n) is 6.72. The summed E-state index contributed by atoms with van der Waals surface area (Å²) in [7, 11) is -3.50. The summed E-state index contributed by atoms with van der Waals surface area (Å²) in [4.78, 5) is 0.315. The Morgan fingerprint density at radius 2 is 1.57 bits per heavy atom. The first-order chi connectivity index (χ1) is 9.91. The number of benzene rings is 2. The summed E-state index contributed by atoms with van der Waals surface area (Å²) in [6.45, 7) is 4.15. The Balaban J connectivity index is 2.35. The van der Waals surface area contributed by atoms with Crippen LogP contribution < -0.4 is 0 Å². The van der Waals surface area contributed by atoms with Crippen LogP contribution in [0.25, 0.3) is 0 Å². The van der Waals surface area contributed by atoms with Crippen molar-refractivity contribution in [2.45, 2.75) is 31.3 Å². The molecule has 0 amide bonds. The molecule has 0 aromatic heterocycles. The highest BCUT2D eigenvalue weighted by Crippen LogP contribution is 2.22. The third kappa shape index (κ3) is 3.93. The first-order valence-corrected chi connectivity index (χ1v) is 8.96. The Bertz CT molecular complexity index is 682. The predicted molar refractivity (Wildman–Crippen MR) is 88.4 cm³/mol. The van der Waals surface area contributed by atoms with Crippen LogP contribution in [0.2, 0.25) is 0 Å². The van der Waals surface area contributed by atoms with Gasteiger partial charge in [0.2, 0.25) is 10.0 Å². The Hall–Kier alpha value is -1.17. The second-order valence-corrected chi connectivity index (χ2v) is 7.89. The van der Waals surface area contributed by atoms with E-state index in [1.54, 1.807) is 24.3 Å². The van der Waals surface area contributed by atoms with Crippen LogP contribution >= 0.6 is 15.9 Å². The van der Waals surface area contributed by atoms with Gasteiger partial charge in [0.05, 0.1) is 4.90 Å². The molecule has 21 heavy (non-hydrogen) atoms. The molecule has 0 fully saturated rings. The van der Waals surface area contributed by atoms with Gasteiger partial charge in [-0.3, -0.25) is 0 Å². The molecule has 0 aliphatic heterocycles. The molecule has 0 saturated carbocycles. The fraction of sp³-hybridized carbons (Fsp3) is 0.250. The van der Waals surface area contributed by atoms with E-state index >= 15 is 0 Å². The number of rotatable bonds is 5. The van der Waals surface area contributed by atoms with Crippen LogP contribution in [-0.4, -0.2) is 18.8 Å². The van der Waals surface area contributed by atoms with Gasteiger partial charge < -0.3 is 0 Å². The zero-order valence-electron chi connectivity index (χ0n) is 12.0. The number of sulfonamides is 1. The van der Waals surface area contributed by atoms with E-state index in [1.807, 2.05) is 44.2 Å². The SMILES string of the molecule is CC(C)N(Cc1ccccc1)S(=O)(=O)c1ccc(Br)cc1. The molecule has 0 bridgehead atoms. The van der Waals surface area contributed by atoms with Gasteiger partial charge in [-0.05, 0) is 43.7 Å². The van der Waals surface area contributed by atoms with Crippen LogP contribution in [0.1, 0.15) is 19.4 Å². The van der Waals surface area contributed by atoms with E-state index < -0.39 is 10.0 Å². The van der Waals surface area contributed by atoms with Crippen LogP contribution in [0.15, 0.2) is 64.0 Å². The summed E-state index contributed by atoms with van der Waals surface area (Å²) in [6, 6.07) is 16.3. The van der Waals surface area contributed by atoms with Crippen molar-refractivity contribution in [3.8, 4) is 0 Å². The summed E-state index contributed by atoms with van der Waals surface area (Å²) in [5.41, 5.74) is 0.979. The monoisotopic (exact) mass is 367 g/mol. The summed E-state index contributed by atoms with van der Waals surface area (Å²) >= 11 is 3.32. The van der Waals surface area contributed by atoms with Gasteiger partial charge >= 0.3 is 0 Å². The minimum atomic E-state index is -3.50. The maximum atomic E-state index is 12.8. The quantitative estimate of drug-likeness (QED) is 0.799.